The number of phosphoric acid groups is 1. The lowest BCUT2D eigenvalue weighted by atomic mass is 10.1. The van der Waals surface area contributed by atoms with Crippen molar-refractivity contribution in [2.75, 3.05) is 47.5 Å². The van der Waals surface area contributed by atoms with Gasteiger partial charge in [-0.3, -0.25) is 18.6 Å². The lowest BCUT2D eigenvalue weighted by Gasteiger charge is -2.24. The van der Waals surface area contributed by atoms with E-state index in [2.05, 4.69) is 98.9 Å². The topological polar surface area (TPSA) is 129 Å². The van der Waals surface area contributed by atoms with Gasteiger partial charge in [0.15, 0.2) is 6.10 Å². The van der Waals surface area contributed by atoms with E-state index in [-0.39, 0.29) is 32.2 Å². The molecule has 0 amide bonds. The van der Waals surface area contributed by atoms with Crippen LogP contribution in [-0.4, -0.2) is 86.1 Å². The third kappa shape index (κ3) is 42.8. The molecule has 0 bridgehead atoms. The Morgan fingerprint density at radius 2 is 1.10 bits per heavy atom. The number of ether oxygens (including phenoxy) is 2. The Morgan fingerprint density at radius 1 is 0.610 bits per heavy atom. The van der Waals surface area contributed by atoms with Gasteiger partial charge in [-0.25, -0.2) is 4.57 Å². The minimum Gasteiger partial charge on any atom is -0.462 e. The Kier molecular flexibility index (Phi) is 37.0. The second-order valence-electron chi connectivity index (χ2n) is 15.5. The first-order valence-corrected chi connectivity index (χ1v) is 23.5. The Labute approximate surface area is 358 Å². The van der Waals surface area contributed by atoms with Gasteiger partial charge in [-0.15, -0.1) is 0 Å². The SMILES string of the molecule is CC/C=C\C/C=C\C/C=C\C/C=C\CCCCCCC(=O)OC[C@H](COP(=O)(O)OCC[N+](C)(C)C)OC(=O)CCC/C=C\C/C=C\C/C=C\C/C=C\CC(O)CCC. The highest BCUT2D eigenvalue weighted by molar-refractivity contribution is 7.47. The lowest BCUT2D eigenvalue weighted by molar-refractivity contribution is -0.870. The maximum atomic E-state index is 12.7. The van der Waals surface area contributed by atoms with Crippen molar-refractivity contribution < 1.29 is 47.2 Å². The van der Waals surface area contributed by atoms with E-state index >= 15 is 0 Å². The number of hydrogen-bond donors (Lipinski definition) is 2. The van der Waals surface area contributed by atoms with Crippen LogP contribution in [0.15, 0.2) is 97.2 Å². The molecule has 0 aromatic carbocycles. The summed E-state index contributed by atoms with van der Waals surface area (Å²) in [6.45, 7) is 3.97. The maximum Gasteiger partial charge on any atom is 0.472 e. The lowest BCUT2D eigenvalue weighted by Crippen LogP contribution is -2.37. The average molecular weight is 847 g/mol. The number of esters is 2. The summed E-state index contributed by atoms with van der Waals surface area (Å²) in [4.78, 5) is 35.4. The summed E-state index contributed by atoms with van der Waals surface area (Å²) in [7, 11) is 1.38. The summed E-state index contributed by atoms with van der Waals surface area (Å²) in [6, 6.07) is 0. The molecular formula is C48H81NO9P+. The van der Waals surface area contributed by atoms with Gasteiger partial charge < -0.3 is 24.0 Å². The zero-order chi connectivity index (χ0) is 43.7. The molecule has 336 valence electrons. The van der Waals surface area contributed by atoms with Gasteiger partial charge in [0, 0.05) is 12.8 Å². The number of nitrogens with zero attached hydrogens (tertiary/aromatic N) is 1. The van der Waals surface area contributed by atoms with Crippen LogP contribution >= 0.6 is 7.82 Å². The van der Waals surface area contributed by atoms with Crippen molar-refractivity contribution in [1.29, 1.82) is 0 Å². The fraction of sp³-hybridized carbons (Fsp3) is 0.625. The number of unbranched alkanes of at least 4 members (excludes halogenated alkanes) is 5. The molecule has 0 aliphatic carbocycles. The Balaban J connectivity index is 4.54. The van der Waals surface area contributed by atoms with Crippen molar-refractivity contribution in [2.24, 2.45) is 0 Å². The molecule has 0 spiro atoms. The highest BCUT2D eigenvalue weighted by Crippen LogP contribution is 2.43. The summed E-state index contributed by atoms with van der Waals surface area (Å²) in [5.74, 6) is -0.924. The van der Waals surface area contributed by atoms with E-state index < -0.39 is 32.5 Å². The highest BCUT2D eigenvalue weighted by Gasteiger charge is 2.27. The molecule has 0 heterocycles. The van der Waals surface area contributed by atoms with Gasteiger partial charge in [-0.2, -0.15) is 0 Å². The molecule has 0 aliphatic rings. The van der Waals surface area contributed by atoms with Crippen LogP contribution in [-0.2, 0) is 32.7 Å². The largest absolute Gasteiger partial charge is 0.472 e. The first-order chi connectivity index (χ1) is 28.4. The molecule has 0 rings (SSSR count). The molecule has 2 N–H and O–H groups in total. The van der Waals surface area contributed by atoms with E-state index in [1.807, 2.05) is 33.3 Å². The average Bonchev–Trinajstić information content (AvgIpc) is 3.18. The van der Waals surface area contributed by atoms with Gasteiger partial charge in [0.2, 0.25) is 0 Å². The van der Waals surface area contributed by atoms with E-state index in [0.717, 1.165) is 83.5 Å². The second kappa shape index (κ2) is 39.1. The number of quaternary nitrogens is 1. The fourth-order valence-electron chi connectivity index (χ4n) is 5.25. The number of phosphoric ester groups is 1. The predicted molar refractivity (Wildman–Crippen MR) is 244 cm³/mol. The fourth-order valence-corrected chi connectivity index (χ4v) is 5.99. The summed E-state index contributed by atoms with van der Waals surface area (Å²) < 4.78 is 34.2. The van der Waals surface area contributed by atoms with Crippen LogP contribution in [0.5, 0.6) is 0 Å². The molecule has 0 fully saturated rings. The van der Waals surface area contributed by atoms with E-state index in [4.69, 9.17) is 18.5 Å². The van der Waals surface area contributed by atoms with E-state index in [9.17, 15) is 24.2 Å². The van der Waals surface area contributed by atoms with Gasteiger partial charge in [0.1, 0.15) is 19.8 Å². The molecule has 3 atom stereocenters. The van der Waals surface area contributed by atoms with Crippen LogP contribution in [0.4, 0.5) is 0 Å². The summed E-state index contributed by atoms with van der Waals surface area (Å²) in [5.41, 5.74) is 0. The maximum absolute atomic E-state index is 12.7. The molecule has 11 heteroatoms. The van der Waals surface area contributed by atoms with Crippen LogP contribution in [0.2, 0.25) is 0 Å². The standard InChI is InChI=1S/C48H80NO9P/c1-6-8-9-10-11-12-13-14-15-16-17-20-23-26-29-32-35-39-47(51)55-43-46(44-57-59(53,54)56-42-41-49(3,4)5)58-48(52)40-36-33-30-27-24-21-18-19-22-25-28-31-34-38-45(50)37-7-2/h8-9,11-12,14-15,17-18,20-22,25,27,30-31,34,45-46,50H,6-7,10,13,16,19,23-24,26,28-29,32-33,35-44H2,1-5H3/p+1/b9-8-,12-11-,15-14-,20-17-,21-18-,25-22-,30-27-,34-31-/t45?,46-/m1/s1. The van der Waals surface area contributed by atoms with Crippen molar-refractivity contribution in [3.8, 4) is 0 Å². The minimum absolute atomic E-state index is 0.00464. The van der Waals surface area contributed by atoms with Crippen LogP contribution in [0.25, 0.3) is 0 Å². The van der Waals surface area contributed by atoms with Crippen molar-refractivity contribution in [3.05, 3.63) is 97.2 Å². The summed E-state index contributed by atoms with van der Waals surface area (Å²) >= 11 is 0. The van der Waals surface area contributed by atoms with Gasteiger partial charge in [-0.1, -0.05) is 130 Å². The van der Waals surface area contributed by atoms with E-state index in [1.165, 1.54) is 0 Å². The number of likely N-dealkylation sites (N-methyl/N-ethyl adjacent to an activating group) is 1. The molecule has 0 aliphatic heterocycles. The summed E-state index contributed by atoms with van der Waals surface area (Å²) in [6.07, 6.45) is 48.1. The molecule has 10 nitrogen and oxygen atoms in total. The second-order valence-corrected chi connectivity index (χ2v) is 17.0. The predicted octanol–water partition coefficient (Wildman–Crippen LogP) is 11.5. The Morgan fingerprint density at radius 3 is 1.64 bits per heavy atom. The van der Waals surface area contributed by atoms with Gasteiger partial charge in [0.05, 0.1) is 33.9 Å². The molecular weight excluding hydrogens is 765 g/mol. The molecule has 2 unspecified atom stereocenters. The molecule has 59 heavy (non-hydrogen) atoms. The minimum atomic E-state index is -4.41. The monoisotopic (exact) mass is 847 g/mol. The number of allylic oxidation sites excluding steroid dienone is 15. The number of hydrogen-bond acceptors (Lipinski definition) is 8. The number of aliphatic hydroxyl groups excluding tert-OH is 1. The first kappa shape index (κ1) is 55.9. The van der Waals surface area contributed by atoms with Gasteiger partial charge >= 0.3 is 19.8 Å². The van der Waals surface area contributed by atoms with E-state index in [1.54, 1.807) is 0 Å². The van der Waals surface area contributed by atoms with Crippen LogP contribution < -0.4 is 0 Å². The zero-order valence-corrected chi connectivity index (χ0v) is 38.2. The number of rotatable bonds is 38. The van der Waals surface area contributed by atoms with Gasteiger partial charge in [-0.05, 0) is 89.9 Å². The third-order valence-electron chi connectivity index (χ3n) is 8.65. The van der Waals surface area contributed by atoms with Crippen molar-refractivity contribution in [2.45, 2.75) is 148 Å². The zero-order valence-electron chi connectivity index (χ0n) is 37.3. The van der Waals surface area contributed by atoms with Crippen LogP contribution in [0.3, 0.4) is 0 Å². The number of carbonyl (C=O) groups excluding carboxylic acids is 2. The smallest absolute Gasteiger partial charge is 0.462 e. The van der Waals surface area contributed by atoms with Crippen molar-refractivity contribution in [1.82, 2.24) is 0 Å². The Bertz CT molecular complexity index is 1340. The highest BCUT2D eigenvalue weighted by atomic mass is 31.2. The number of carbonyl (C=O) groups is 2. The molecule has 0 saturated carbocycles. The normalized spacial score (nSPS) is 15.0. The van der Waals surface area contributed by atoms with Crippen molar-refractivity contribution in [3.63, 3.8) is 0 Å². The molecule has 0 aromatic rings. The third-order valence-corrected chi connectivity index (χ3v) is 9.64. The quantitative estimate of drug-likeness (QED) is 0.0205. The van der Waals surface area contributed by atoms with Crippen LogP contribution in [0, 0.1) is 0 Å². The van der Waals surface area contributed by atoms with Gasteiger partial charge in [0.25, 0.3) is 0 Å². The number of aliphatic hydroxyl groups is 1. The molecule has 0 saturated heterocycles. The Hall–Kier alpha value is -3.11. The molecule has 0 radical (unpaired) electrons. The molecule has 0 aromatic heterocycles. The summed E-state index contributed by atoms with van der Waals surface area (Å²) in [5, 5.41) is 9.74. The first-order valence-electron chi connectivity index (χ1n) is 22.0. The van der Waals surface area contributed by atoms with Crippen LogP contribution in [0.1, 0.15) is 136 Å². The van der Waals surface area contributed by atoms with Crippen molar-refractivity contribution >= 4 is 19.8 Å². The van der Waals surface area contributed by atoms with E-state index in [0.29, 0.717) is 36.7 Å².